The predicted octanol–water partition coefficient (Wildman–Crippen LogP) is 2.90. The largest absolute Gasteiger partial charge is 0.493 e. The highest BCUT2D eigenvalue weighted by molar-refractivity contribution is 5.92. The molecule has 9 heteroatoms. The monoisotopic (exact) mass is 422 g/mol. The van der Waals surface area contributed by atoms with Crippen LogP contribution in [0.2, 0.25) is 0 Å². The van der Waals surface area contributed by atoms with Gasteiger partial charge in [-0.2, -0.15) is 13.2 Å². The molecule has 30 heavy (non-hydrogen) atoms. The fourth-order valence-corrected chi connectivity index (χ4v) is 3.19. The number of pyridine rings is 1. The summed E-state index contributed by atoms with van der Waals surface area (Å²) in [6, 6.07) is 7.83. The standard InChI is InChI=1S/C21H22F3N3O3/c1-29-17-6-3-15(13-18(17)30-2)4-8-20(28)27-11-9-26(10-12-27)19-7-5-16(14-25-19)21(22,23)24/h3-8,13-14H,9-12H2,1-2H3/p+1/b8-4+. The van der Waals surface area contributed by atoms with E-state index in [1.807, 2.05) is 11.0 Å². The Morgan fingerprint density at radius 3 is 2.30 bits per heavy atom. The van der Waals surface area contributed by atoms with E-state index in [4.69, 9.17) is 9.47 Å². The van der Waals surface area contributed by atoms with Crippen LogP contribution in [0.1, 0.15) is 11.1 Å². The first-order chi connectivity index (χ1) is 14.3. The van der Waals surface area contributed by atoms with Gasteiger partial charge in [-0.1, -0.05) is 6.07 Å². The molecule has 0 radical (unpaired) electrons. The number of carbonyl (C=O) groups excluding carboxylic acids is 1. The number of halogens is 3. The van der Waals surface area contributed by atoms with Crippen molar-refractivity contribution in [3.63, 3.8) is 0 Å². The molecular weight excluding hydrogens is 399 g/mol. The van der Waals surface area contributed by atoms with Gasteiger partial charge in [-0.25, -0.2) is 4.98 Å². The molecule has 0 spiro atoms. The highest BCUT2D eigenvalue weighted by atomic mass is 19.4. The van der Waals surface area contributed by atoms with Gasteiger partial charge in [0.2, 0.25) is 5.91 Å². The van der Waals surface area contributed by atoms with E-state index in [9.17, 15) is 18.0 Å². The third-order valence-corrected chi connectivity index (χ3v) is 4.88. The van der Waals surface area contributed by atoms with E-state index in [1.54, 1.807) is 37.3 Å². The van der Waals surface area contributed by atoms with Crippen LogP contribution in [0.25, 0.3) is 6.08 Å². The number of piperazine rings is 1. The molecule has 1 aliphatic rings. The average Bonchev–Trinajstić information content (AvgIpc) is 2.76. The molecule has 1 N–H and O–H groups in total. The number of methoxy groups -OCH3 is 2. The van der Waals surface area contributed by atoms with Crippen molar-refractivity contribution in [2.75, 3.05) is 45.3 Å². The number of hydrogen-bond acceptors (Lipinski definition) is 4. The van der Waals surface area contributed by atoms with E-state index in [-0.39, 0.29) is 5.91 Å². The third kappa shape index (κ3) is 5.03. The first kappa shape index (κ1) is 21.5. The molecular formula is C21H23F3N3O3+. The number of anilines is 1. The highest BCUT2D eigenvalue weighted by Crippen LogP contribution is 2.29. The first-order valence-corrected chi connectivity index (χ1v) is 9.34. The second-order valence-corrected chi connectivity index (χ2v) is 6.72. The van der Waals surface area contributed by atoms with Crippen molar-refractivity contribution < 1.29 is 32.4 Å². The van der Waals surface area contributed by atoms with Crippen molar-refractivity contribution >= 4 is 17.8 Å². The molecule has 1 amide bonds. The Bertz CT molecular complexity index is 906. The first-order valence-electron chi connectivity index (χ1n) is 9.34. The van der Waals surface area contributed by atoms with Gasteiger partial charge in [0.1, 0.15) is 19.3 Å². The van der Waals surface area contributed by atoms with Gasteiger partial charge < -0.3 is 14.4 Å². The van der Waals surface area contributed by atoms with Gasteiger partial charge in [0.15, 0.2) is 11.5 Å². The number of aromatic amines is 1. The topological polar surface area (TPSA) is 56.2 Å². The maximum atomic E-state index is 12.7. The Kier molecular flexibility index (Phi) is 6.49. The van der Waals surface area contributed by atoms with Crippen molar-refractivity contribution in [1.82, 2.24) is 4.90 Å². The zero-order chi connectivity index (χ0) is 21.7. The molecule has 0 bridgehead atoms. The van der Waals surface area contributed by atoms with E-state index in [0.717, 1.165) is 17.8 Å². The van der Waals surface area contributed by atoms with Crippen LogP contribution >= 0.6 is 0 Å². The summed E-state index contributed by atoms with van der Waals surface area (Å²) in [4.78, 5) is 18.8. The normalized spacial score (nSPS) is 14.8. The second kappa shape index (κ2) is 9.06. The van der Waals surface area contributed by atoms with E-state index in [0.29, 0.717) is 43.5 Å². The molecule has 0 atom stereocenters. The molecule has 1 aromatic carbocycles. The number of benzene rings is 1. The van der Waals surface area contributed by atoms with Gasteiger partial charge in [0.25, 0.3) is 5.82 Å². The minimum atomic E-state index is -4.37. The number of amides is 1. The number of hydrogen-bond donors (Lipinski definition) is 0. The highest BCUT2D eigenvalue weighted by Gasteiger charge is 2.32. The third-order valence-electron chi connectivity index (χ3n) is 4.88. The molecule has 1 fully saturated rings. The summed E-state index contributed by atoms with van der Waals surface area (Å²) >= 11 is 0. The van der Waals surface area contributed by atoms with Crippen LogP contribution in [0.3, 0.4) is 0 Å². The van der Waals surface area contributed by atoms with Crippen LogP contribution in [0.5, 0.6) is 11.5 Å². The number of rotatable bonds is 5. The summed E-state index contributed by atoms with van der Waals surface area (Å²) in [5.74, 6) is 1.66. The molecule has 2 aromatic rings. The predicted molar refractivity (Wildman–Crippen MR) is 105 cm³/mol. The quantitative estimate of drug-likeness (QED) is 0.696. The Balaban J connectivity index is 1.57. The minimum Gasteiger partial charge on any atom is -0.493 e. The van der Waals surface area contributed by atoms with Crippen LogP contribution in [-0.4, -0.2) is 51.2 Å². The van der Waals surface area contributed by atoms with Gasteiger partial charge in [-0.3, -0.25) is 9.69 Å². The number of H-pyrrole nitrogens is 1. The molecule has 0 unspecified atom stereocenters. The van der Waals surface area contributed by atoms with Crippen molar-refractivity contribution in [3.05, 3.63) is 53.7 Å². The van der Waals surface area contributed by atoms with Crippen LogP contribution in [0.4, 0.5) is 19.0 Å². The number of ether oxygens (including phenoxy) is 2. The minimum absolute atomic E-state index is 0.124. The van der Waals surface area contributed by atoms with Crippen molar-refractivity contribution in [2.24, 2.45) is 0 Å². The van der Waals surface area contributed by atoms with E-state index in [2.05, 4.69) is 4.98 Å². The smallest absolute Gasteiger partial charge is 0.419 e. The molecule has 6 nitrogen and oxygen atoms in total. The Labute approximate surface area is 172 Å². The Morgan fingerprint density at radius 2 is 1.73 bits per heavy atom. The second-order valence-electron chi connectivity index (χ2n) is 6.72. The fraction of sp³-hybridized carbons (Fsp3) is 0.333. The zero-order valence-corrected chi connectivity index (χ0v) is 16.7. The van der Waals surface area contributed by atoms with Gasteiger partial charge in [-0.05, 0) is 29.8 Å². The molecule has 0 saturated carbocycles. The van der Waals surface area contributed by atoms with E-state index < -0.39 is 11.7 Å². The van der Waals surface area contributed by atoms with Crippen LogP contribution in [-0.2, 0) is 11.0 Å². The maximum absolute atomic E-state index is 12.7. The Hall–Kier alpha value is -3.23. The lowest BCUT2D eigenvalue weighted by molar-refractivity contribution is -0.367. The SMILES string of the molecule is COc1ccc(/C=C/C(=O)N2CCN(c3ccc(C(F)(F)F)c[nH+]3)CC2)cc1OC. The lowest BCUT2D eigenvalue weighted by Crippen LogP contribution is -2.49. The van der Waals surface area contributed by atoms with Crippen LogP contribution in [0.15, 0.2) is 42.6 Å². The number of alkyl halides is 3. The fourth-order valence-electron chi connectivity index (χ4n) is 3.19. The molecule has 2 heterocycles. The Morgan fingerprint density at radius 1 is 1.03 bits per heavy atom. The van der Waals surface area contributed by atoms with Gasteiger partial charge in [0.05, 0.1) is 32.9 Å². The number of aromatic nitrogens is 1. The summed E-state index contributed by atoms with van der Waals surface area (Å²) in [5.41, 5.74) is 0.0827. The zero-order valence-electron chi connectivity index (χ0n) is 16.7. The molecule has 0 aliphatic carbocycles. The average molecular weight is 422 g/mol. The van der Waals surface area contributed by atoms with Gasteiger partial charge >= 0.3 is 6.18 Å². The van der Waals surface area contributed by atoms with Crippen LogP contribution < -0.4 is 19.4 Å². The number of carbonyl (C=O) groups is 1. The lowest BCUT2D eigenvalue weighted by Gasteiger charge is -2.30. The van der Waals surface area contributed by atoms with E-state index in [1.165, 1.54) is 12.1 Å². The van der Waals surface area contributed by atoms with Crippen molar-refractivity contribution in [2.45, 2.75) is 6.18 Å². The van der Waals surface area contributed by atoms with Crippen molar-refractivity contribution in [1.29, 1.82) is 0 Å². The molecule has 1 saturated heterocycles. The summed E-state index contributed by atoms with van der Waals surface area (Å²) in [6.45, 7) is 2.00. The van der Waals surface area contributed by atoms with Crippen LogP contribution in [0, 0.1) is 0 Å². The summed E-state index contributed by atoms with van der Waals surface area (Å²) in [7, 11) is 3.10. The molecule has 1 aromatic heterocycles. The van der Waals surface area contributed by atoms with Gasteiger partial charge in [0, 0.05) is 12.1 Å². The molecule has 3 rings (SSSR count). The summed E-state index contributed by atoms with van der Waals surface area (Å²) in [5, 5.41) is 0. The maximum Gasteiger partial charge on any atom is 0.419 e. The molecule has 160 valence electrons. The number of nitrogens with one attached hydrogen (secondary N) is 1. The van der Waals surface area contributed by atoms with Crippen molar-refractivity contribution in [3.8, 4) is 11.5 Å². The summed E-state index contributed by atoms with van der Waals surface area (Å²) < 4.78 is 48.5. The molecule has 1 aliphatic heterocycles. The van der Waals surface area contributed by atoms with Gasteiger partial charge in [-0.15, -0.1) is 0 Å². The summed E-state index contributed by atoms with van der Waals surface area (Å²) in [6.07, 6.45) is -0.208. The van der Waals surface area contributed by atoms with E-state index >= 15 is 0 Å². The number of nitrogens with zero attached hydrogens (tertiary/aromatic N) is 2. The lowest BCUT2D eigenvalue weighted by atomic mass is 10.2.